The number of ether oxygens (including phenoxy) is 1. The topological polar surface area (TPSA) is 76.5 Å². The fourth-order valence-electron chi connectivity index (χ4n) is 3.95. The van der Waals surface area contributed by atoms with Crippen molar-refractivity contribution in [1.82, 2.24) is 14.5 Å². The highest BCUT2D eigenvalue weighted by atomic mass is 16.5. The predicted octanol–water partition coefficient (Wildman–Crippen LogP) is 3.44. The molecule has 31 heavy (non-hydrogen) atoms. The number of aromatic nitrogens is 2. The molecule has 4 rings (SSSR count). The molecule has 2 aromatic carbocycles. The van der Waals surface area contributed by atoms with Gasteiger partial charge in [-0.3, -0.25) is 14.5 Å². The number of amides is 1. The zero-order valence-electron chi connectivity index (χ0n) is 17.8. The number of anilines is 1. The number of fused-ring (bicyclic) bond motifs is 1. The van der Waals surface area contributed by atoms with Gasteiger partial charge >= 0.3 is 0 Å². The Labute approximate surface area is 181 Å². The minimum absolute atomic E-state index is 0.138. The molecule has 162 valence electrons. The first kappa shape index (κ1) is 21.1. The second kappa shape index (κ2) is 9.75. The summed E-state index contributed by atoms with van der Waals surface area (Å²) in [5, 5.41) is 2.80. The summed E-state index contributed by atoms with van der Waals surface area (Å²) in [4.78, 5) is 32.3. The molecular formula is C24H28N4O3. The van der Waals surface area contributed by atoms with Crippen molar-refractivity contribution in [2.24, 2.45) is 7.05 Å². The maximum absolute atomic E-state index is 12.9. The summed E-state index contributed by atoms with van der Waals surface area (Å²) >= 11 is 0. The molecule has 0 radical (unpaired) electrons. The van der Waals surface area contributed by atoms with Crippen molar-refractivity contribution in [2.75, 3.05) is 31.6 Å². The third-order valence-corrected chi connectivity index (χ3v) is 5.70. The molecule has 1 saturated heterocycles. The van der Waals surface area contributed by atoms with Gasteiger partial charge in [0.25, 0.3) is 11.5 Å². The fraction of sp³-hybridized carbons (Fsp3) is 0.375. The van der Waals surface area contributed by atoms with Crippen LogP contribution in [0, 0.1) is 0 Å². The third kappa shape index (κ3) is 4.94. The zero-order chi connectivity index (χ0) is 21.6. The number of rotatable bonds is 6. The van der Waals surface area contributed by atoms with Crippen molar-refractivity contribution in [2.45, 2.75) is 25.7 Å². The molecule has 1 N–H and O–H groups in total. The highest BCUT2D eigenvalue weighted by molar-refractivity contribution is 6.04. The molecule has 1 aliphatic rings. The van der Waals surface area contributed by atoms with Crippen LogP contribution in [0.1, 0.15) is 36.2 Å². The molecule has 1 aromatic heterocycles. The van der Waals surface area contributed by atoms with E-state index in [1.165, 1.54) is 30.3 Å². The number of nitrogens with one attached hydrogen (secondary N) is 1. The lowest BCUT2D eigenvalue weighted by molar-refractivity contribution is 0.102. The second-order valence-electron chi connectivity index (χ2n) is 7.87. The van der Waals surface area contributed by atoms with Gasteiger partial charge in [0, 0.05) is 13.6 Å². The average Bonchev–Trinajstić information content (AvgIpc) is 3.06. The van der Waals surface area contributed by atoms with Crippen LogP contribution in [0.4, 0.5) is 5.69 Å². The number of nitrogens with zero attached hydrogens (tertiary/aromatic N) is 3. The SMILES string of the molecule is Cn1c(=O)c(C(=O)Nc2ccccc2OCCN2CCCCCC2)nc2ccccc21. The van der Waals surface area contributed by atoms with E-state index in [0.717, 1.165) is 19.6 Å². The summed E-state index contributed by atoms with van der Waals surface area (Å²) in [6.45, 7) is 3.62. The number of hydrogen-bond donors (Lipinski definition) is 1. The smallest absolute Gasteiger partial charge is 0.282 e. The molecule has 1 aliphatic heterocycles. The number of benzene rings is 2. The van der Waals surface area contributed by atoms with E-state index in [2.05, 4.69) is 15.2 Å². The van der Waals surface area contributed by atoms with Crippen molar-refractivity contribution in [3.8, 4) is 5.75 Å². The Balaban J connectivity index is 1.47. The fourth-order valence-corrected chi connectivity index (χ4v) is 3.95. The van der Waals surface area contributed by atoms with Gasteiger partial charge in [0.05, 0.1) is 16.7 Å². The monoisotopic (exact) mass is 420 g/mol. The van der Waals surface area contributed by atoms with Gasteiger partial charge in [0.1, 0.15) is 12.4 Å². The summed E-state index contributed by atoms with van der Waals surface area (Å²) < 4.78 is 7.43. The van der Waals surface area contributed by atoms with E-state index in [-0.39, 0.29) is 5.69 Å². The van der Waals surface area contributed by atoms with Gasteiger partial charge in [-0.15, -0.1) is 0 Å². The molecule has 0 bridgehead atoms. The van der Waals surface area contributed by atoms with E-state index in [1.807, 2.05) is 30.3 Å². The van der Waals surface area contributed by atoms with Gasteiger partial charge in [-0.25, -0.2) is 4.98 Å². The molecule has 0 saturated carbocycles. The van der Waals surface area contributed by atoms with Gasteiger partial charge in [-0.05, 0) is 50.2 Å². The molecule has 1 amide bonds. The van der Waals surface area contributed by atoms with Crippen molar-refractivity contribution < 1.29 is 9.53 Å². The van der Waals surface area contributed by atoms with Gasteiger partial charge in [-0.2, -0.15) is 0 Å². The molecule has 0 unspecified atom stereocenters. The van der Waals surface area contributed by atoms with Gasteiger partial charge in [0.2, 0.25) is 0 Å². The van der Waals surface area contributed by atoms with Crippen molar-refractivity contribution in [3.05, 3.63) is 64.6 Å². The third-order valence-electron chi connectivity index (χ3n) is 5.70. The van der Waals surface area contributed by atoms with Crippen molar-refractivity contribution in [3.63, 3.8) is 0 Å². The van der Waals surface area contributed by atoms with Crippen molar-refractivity contribution >= 4 is 22.6 Å². The molecule has 0 spiro atoms. The lowest BCUT2D eigenvalue weighted by atomic mass is 10.2. The number of para-hydroxylation sites is 4. The van der Waals surface area contributed by atoms with Crippen LogP contribution in [0.2, 0.25) is 0 Å². The predicted molar refractivity (Wildman–Crippen MR) is 122 cm³/mol. The average molecular weight is 421 g/mol. The summed E-state index contributed by atoms with van der Waals surface area (Å²) in [6.07, 6.45) is 5.07. The van der Waals surface area contributed by atoms with E-state index in [4.69, 9.17) is 4.74 Å². The molecule has 7 nitrogen and oxygen atoms in total. The Morgan fingerprint density at radius 3 is 2.55 bits per heavy atom. The van der Waals surface area contributed by atoms with Crippen LogP contribution >= 0.6 is 0 Å². The first-order valence-corrected chi connectivity index (χ1v) is 10.8. The summed E-state index contributed by atoms with van der Waals surface area (Å²) in [5.41, 5.74) is 1.23. The van der Waals surface area contributed by atoms with Crippen LogP contribution < -0.4 is 15.6 Å². The minimum Gasteiger partial charge on any atom is -0.490 e. The maximum Gasteiger partial charge on any atom is 0.282 e. The van der Waals surface area contributed by atoms with E-state index in [9.17, 15) is 9.59 Å². The Morgan fingerprint density at radius 2 is 1.74 bits per heavy atom. The molecule has 0 atom stereocenters. The molecule has 1 fully saturated rings. The highest BCUT2D eigenvalue weighted by Gasteiger charge is 2.18. The Hall–Kier alpha value is -3.19. The van der Waals surface area contributed by atoms with Crippen molar-refractivity contribution in [1.29, 1.82) is 0 Å². The Bertz CT molecular complexity index is 1120. The number of carbonyl (C=O) groups is 1. The first-order chi connectivity index (χ1) is 15.1. The largest absolute Gasteiger partial charge is 0.490 e. The standard InChI is InChI=1S/C24H28N4O3/c1-27-20-12-6-4-10-18(20)25-22(24(27)30)23(29)26-19-11-5-7-13-21(19)31-17-16-28-14-8-2-3-9-15-28/h4-7,10-13H,2-3,8-9,14-17H2,1H3,(H,26,29). The van der Waals surface area contributed by atoms with Crippen LogP contribution in [0.3, 0.4) is 0 Å². The van der Waals surface area contributed by atoms with E-state index >= 15 is 0 Å². The number of likely N-dealkylation sites (tertiary alicyclic amines) is 1. The molecule has 7 heteroatoms. The van der Waals surface area contributed by atoms with Crippen LogP contribution in [0.25, 0.3) is 11.0 Å². The van der Waals surface area contributed by atoms with Crippen LogP contribution in [-0.2, 0) is 7.05 Å². The van der Waals surface area contributed by atoms with Crippen LogP contribution in [0.15, 0.2) is 53.3 Å². The molecule has 2 heterocycles. The quantitative estimate of drug-likeness (QED) is 0.661. The van der Waals surface area contributed by atoms with Crippen LogP contribution in [0.5, 0.6) is 5.75 Å². The van der Waals surface area contributed by atoms with E-state index < -0.39 is 11.5 Å². The normalized spacial score (nSPS) is 14.9. The van der Waals surface area contributed by atoms with Gasteiger partial charge < -0.3 is 14.6 Å². The summed E-state index contributed by atoms with van der Waals surface area (Å²) in [7, 11) is 1.64. The lowest BCUT2D eigenvalue weighted by Gasteiger charge is -2.20. The number of carbonyl (C=O) groups excluding carboxylic acids is 1. The number of hydrogen-bond acceptors (Lipinski definition) is 5. The van der Waals surface area contributed by atoms with Crippen LogP contribution in [-0.4, -0.2) is 46.6 Å². The highest BCUT2D eigenvalue weighted by Crippen LogP contribution is 2.24. The van der Waals surface area contributed by atoms with E-state index in [1.54, 1.807) is 25.2 Å². The van der Waals surface area contributed by atoms with Gasteiger partial charge in [0.15, 0.2) is 5.69 Å². The van der Waals surface area contributed by atoms with E-state index in [0.29, 0.717) is 29.1 Å². The Kier molecular flexibility index (Phi) is 6.62. The maximum atomic E-state index is 12.9. The summed E-state index contributed by atoms with van der Waals surface area (Å²) in [5.74, 6) is 0.0400. The second-order valence-corrected chi connectivity index (χ2v) is 7.87. The first-order valence-electron chi connectivity index (χ1n) is 10.8. The zero-order valence-corrected chi connectivity index (χ0v) is 17.8. The molecular weight excluding hydrogens is 392 g/mol. The summed E-state index contributed by atoms with van der Waals surface area (Å²) in [6, 6.07) is 14.5. The molecule has 3 aromatic rings. The number of aryl methyl sites for hydroxylation is 1. The molecule has 0 aliphatic carbocycles. The Morgan fingerprint density at radius 1 is 1.03 bits per heavy atom. The van der Waals surface area contributed by atoms with Gasteiger partial charge in [-0.1, -0.05) is 37.1 Å². The lowest BCUT2D eigenvalue weighted by Crippen LogP contribution is -2.30. The minimum atomic E-state index is -0.546.